The van der Waals surface area contributed by atoms with Crippen LogP contribution in [0.1, 0.15) is 51.2 Å². The number of carbonyl (C=O) groups excluding carboxylic acids is 1. The van der Waals surface area contributed by atoms with Crippen LogP contribution in [0, 0.1) is 0 Å². The molecule has 1 fully saturated rings. The summed E-state index contributed by atoms with van der Waals surface area (Å²) in [5, 5.41) is 3.61. The van der Waals surface area contributed by atoms with Crippen LogP contribution in [-0.4, -0.2) is 35.7 Å². The van der Waals surface area contributed by atoms with Gasteiger partial charge >= 0.3 is 6.09 Å². The molecule has 4 nitrogen and oxygen atoms in total. The summed E-state index contributed by atoms with van der Waals surface area (Å²) in [6, 6.07) is 17.0. The molecule has 2 aromatic rings. The Morgan fingerprint density at radius 2 is 1.93 bits per heavy atom. The van der Waals surface area contributed by atoms with Crippen LogP contribution in [0.15, 0.2) is 53.0 Å². The van der Waals surface area contributed by atoms with E-state index in [9.17, 15) is 4.79 Å². The van der Waals surface area contributed by atoms with Crippen LogP contribution in [0.25, 0.3) is 0 Å². The number of rotatable bonds is 5. The molecule has 0 aliphatic carbocycles. The molecule has 1 saturated heterocycles. The summed E-state index contributed by atoms with van der Waals surface area (Å²) in [6.07, 6.45) is 3.83. The number of nitrogens with one attached hydrogen (secondary N) is 1. The van der Waals surface area contributed by atoms with Crippen molar-refractivity contribution in [3.05, 3.63) is 64.1 Å². The Labute approximate surface area is 182 Å². The van der Waals surface area contributed by atoms with Gasteiger partial charge in [-0.25, -0.2) is 4.79 Å². The Kier molecular flexibility index (Phi) is 7.23. The van der Waals surface area contributed by atoms with Gasteiger partial charge in [-0.1, -0.05) is 46.3 Å². The highest BCUT2D eigenvalue weighted by atomic mass is 79.9. The minimum absolute atomic E-state index is 0.145. The van der Waals surface area contributed by atoms with Gasteiger partial charge < -0.3 is 15.0 Å². The molecule has 0 saturated carbocycles. The maximum absolute atomic E-state index is 12.7. The van der Waals surface area contributed by atoms with Crippen LogP contribution in [-0.2, 0) is 11.2 Å². The molecule has 2 aromatic carbocycles. The number of halogens is 1. The fraction of sp³-hybridized carbons (Fsp3) is 0.458. The molecule has 1 heterocycles. The van der Waals surface area contributed by atoms with Crippen LogP contribution in [0.5, 0.6) is 0 Å². The van der Waals surface area contributed by atoms with Crippen molar-refractivity contribution < 1.29 is 9.53 Å². The van der Waals surface area contributed by atoms with E-state index in [0.717, 1.165) is 48.9 Å². The highest BCUT2D eigenvalue weighted by molar-refractivity contribution is 9.10. The fourth-order valence-electron chi connectivity index (χ4n) is 3.70. The van der Waals surface area contributed by atoms with Crippen molar-refractivity contribution in [1.29, 1.82) is 0 Å². The minimum atomic E-state index is -0.471. The van der Waals surface area contributed by atoms with E-state index in [4.69, 9.17) is 4.74 Å². The summed E-state index contributed by atoms with van der Waals surface area (Å²) in [6.45, 7) is 7.24. The van der Waals surface area contributed by atoms with E-state index in [1.54, 1.807) is 0 Å². The highest BCUT2D eigenvalue weighted by Crippen LogP contribution is 2.26. The molecule has 29 heavy (non-hydrogen) atoms. The SMILES string of the molecule is CC(C)(C)OC(=O)N1CCCCC1CNc1ccc(Br)cc1Cc1ccccc1. The number of hydrogen-bond acceptors (Lipinski definition) is 3. The number of hydrogen-bond donors (Lipinski definition) is 1. The molecule has 1 amide bonds. The zero-order valence-electron chi connectivity index (χ0n) is 17.6. The first-order chi connectivity index (χ1) is 13.8. The van der Waals surface area contributed by atoms with Gasteiger partial charge in [0.2, 0.25) is 0 Å². The monoisotopic (exact) mass is 458 g/mol. The van der Waals surface area contributed by atoms with Crippen molar-refractivity contribution in [1.82, 2.24) is 4.90 Å². The molecule has 3 rings (SSSR count). The van der Waals surface area contributed by atoms with E-state index >= 15 is 0 Å². The van der Waals surface area contributed by atoms with Crippen LogP contribution in [0.2, 0.25) is 0 Å². The van der Waals surface area contributed by atoms with Gasteiger partial charge in [0.1, 0.15) is 5.60 Å². The van der Waals surface area contributed by atoms with E-state index in [1.165, 1.54) is 11.1 Å². The lowest BCUT2D eigenvalue weighted by Crippen LogP contribution is -2.48. The molecule has 1 N–H and O–H groups in total. The number of ether oxygens (including phenoxy) is 1. The number of carbonyl (C=O) groups is 1. The number of likely N-dealkylation sites (tertiary alicyclic amines) is 1. The molecule has 0 radical (unpaired) electrons. The van der Waals surface area contributed by atoms with E-state index in [1.807, 2.05) is 31.7 Å². The van der Waals surface area contributed by atoms with Crippen molar-refractivity contribution in [2.24, 2.45) is 0 Å². The normalized spacial score (nSPS) is 17.1. The third-order valence-electron chi connectivity index (χ3n) is 5.09. The first kappa shape index (κ1) is 21.7. The number of anilines is 1. The minimum Gasteiger partial charge on any atom is -0.444 e. The molecule has 1 unspecified atom stereocenters. The maximum Gasteiger partial charge on any atom is 0.410 e. The molecular weight excluding hydrogens is 428 g/mol. The van der Waals surface area contributed by atoms with Crippen molar-refractivity contribution in [3.8, 4) is 0 Å². The predicted octanol–water partition coefficient (Wildman–Crippen LogP) is 6.24. The third kappa shape index (κ3) is 6.49. The van der Waals surface area contributed by atoms with Gasteiger partial charge in [0.25, 0.3) is 0 Å². The maximum atomic E-state index is 12.7. The Morgan fingerprint density at radius 3 is 2.66 bits per heavy atom. The molecule has 1 aliphatic rings. The molecule has 0 spiro atoms. The summed E-state index contributed by atoms with van der Waals surface area (Å²) < 4.78 is 6.70. The summed E-state index contributed by atoms with van der Waals surface area (Å²) >= 11 is 3.60. The van der Waals surface area contributed by atoms with Crippen LogP contribution in [0.4, 0.5) is 10.5 Å². The molecule has 156 valence electrons. The second kappa shape index (κ2) is 9.66. The largest absolute Gasteiger partial charge is 0.444 e. The average Bonchev–Trinajstić information content (AvgIpc) is 2.67. The first-order valence-electron chi connectivity index (χ1n) is 10.4. The zero-order chi connectivity index (χ0) is 20.9. The second-order valence-corrected chi connectivity index (χ2v) is 9.58. The zero-order valence-corrected chi connectivity index (χ0v) is 19.2. The van der Waals surface area contributed by atoms with E-state index in [0.29, 0.717) is 0 Å². The van der Waals surface area contributed by atoms with Gasteiger partial charge in [-0.3, -0.25) is 0 Å². The lowest BCUT2D eigenvalue weighted by Gasteiger charge is -2.37. The molecular formula is C24H31BrN2O2. The molecule has 0 bridgehead atoms. The summed E-state index contributed by atoms with van der Waals surface area (Å²) in [7, 11) is 0. The number of benzene rings is 2. The van der Waals surface area contributed by atoms with Gasteiger partial charge in [0, 0.05) is 23.2 Å². The Bertz CT molecular complexity index is 817. The summed E-state index contributed by atoms with van der Waals surface area (Å²) in [4.78, 5) is 14.6. The van der Waals surface area contributed by atoms with E-state index in [-0.39, 0.29) is 12.1 Å². The number of piperidine rings is 1. The van der Waals surface area contributed by atoms with Crippen molar-refractivity contribution >= 4 is 27.7 Å². The summed E-state index contributed by atoms with van der Waals surface area (Å²) in [5.41, 5.74) is 3.17. The standard InChI is InChI=1S/C24H31BrN2O2/c1-24(2,3)29-23(28)27-14-8-7-11-21(27)17-26-22-13-12-20(25)16-19(22)15-18-9-5-4-6-10-18/h4-6,9-10,12-13,16,21,26H,7-8,11,14-15,17H2,1-3H3. The van der Waals surface area contributed by atoms with Crippen molar-refractivity contribution in [2.75, 3.05) is 18.4 Å². The molecule has 0 aromatic heterocycles. The summed E-state index contributed by atoms with van der Waals surface area (Å²) in [5.74, 6) is 0. The van der Waals surface area contributed by atoms with Crippen molar-refractivity contribution in [2.45, 2.75) is 58.1 Å². The van der Waals surface area contributed by atoms with Crippen LogP contribution < -0.4 is 5.32 Å². The Hall–Kier alpha value is -2.01. The van der Waals surface area contributed by atoms with Gasteiger partial charge in [0.05, 0.1) is 6.04 Å². The Morgan fingerprint density at radius 1 is 1.17 bits per heavy atom. The van der Waals surface area contributed by atoms with Crippen LogP contribution in [0.3, 0.4) is 0 Å². The molecule has 1 atom stereocenters. The van der Waals surface area contributed by atoms with E-state index in [2.05, 4.69) is 63.7 Å². The first-order valence-corrected chi connectivity index (χ1v) is 11.2. The lowest BCUT2D eigenvalue weighted by atomic mass is 10.0. The quantitative estimate of drug-likeness (QED) is 0.576. The topological polar surface area (TPSA) is 41.6 Å². The average molecular weight is 459 g/mol. The second-order valence-electron chi connectivity index (χ2n) is 8.67. The number of amides is 1. The van der Waals surface area contributed by atoms with E-state index < -0.39 is 5.60 Å². The number of nitrogens with zero attached hydrogens (tertiary/aromatic N) is 1. The van der Waals surface area contributed by atoms with Gasteiger partial charge in [-0.2, -0.15) is 0 Å². The third-order valence-corrected chi connectivity index (χ3v) is 5.58. The van der Waals surface area contributed by atoms with Gasteiger partial charge in [-0.15, -0.1) is 0 Å². The fourth-order valence-corrected chi connectivity index (χ4v) is 4.11. The van der Waals surface area contributed by atoms with Crippen molar-refractivity contribution in [3.63, 3.8) is 0 Å². The van der Waals surface area contributed by atoms with Gasteiger partial charge in [0.15, 0.2) is 0 Å². The smallest absolute Gasteiger partial charge is 0.410 e. The predicted molar refractivity (Wildman–Crippen MR) is 122 cm³/mol. The molecule has 5 heteroatoms. The molecule has 1 aliphatic heterocycles. The Balaban J connectivity index is 1.70. The van der Waals surface area contributed by atoms with Gasteiger partial charge in [-0.05, 0) is 75.8 Å². The van der Waals surface area contributed by atoms with Crippen LogP contribution >= 0.6 is 15.9 Å². The highest BCUT2D eigenvalue weighted by Gasteiger charge is 2.30. The lowest BCUT2D eigenvalue weighted by molar-refractivity contribution is 0.0114.